The number of ether oxygens (including phenoxy) is 1. The Labute approximate surface area is 73.6 Å². The average Bonchev–Trinajstić information content (AvgIpc) is 1.99. The van der Waals surface area contributed by atoms with Crippen molar-refractivity contribution in [3.63, 3.8) is 0 Å². The van der Waals surface area contributed by atoms with E-state index in [-0.39, 0.29) is 6.61 Å². The van der Waals surface area contributed by atoms with Crippen molar-refractivity contribution in [2.24, 2.45) is 0 Å². The topological polar surface area (TPSA) is 38.3 Å². The van der Waals surface area contributed by atoms with Crippen molar-refractivity contribution in [1.29, 1.82) is 0 Å². The van der Waals surface area contributed by atoms with E-state index in [0.717, 1.165) is 11.4 Å². The monoisotopic (exact) mass is 197 g/mol. The minimum Gasteiger partial charge on any atom is -0.461 e. The minimum absolute atomic E-state index is 0.0374. The molecule has 1 N–H and O–H groups in total. The van der Waals surface area contributed by atoms with E-state index in [0.29, 0.717) is 0 Å². The Bertz CT molecular complexity index is 210. The van der Waals surface area contributed by atoms with Gasteiger partial charge in [-0.3, -0.25) is 5.32 Å². The summed E-state index contributed by atoms with van der Waals surface area (Å²) in [7, 11) is 0. The summed E-state index contributed by atoms with van der Waals surface area (Å²) in [5.74, 6) is -1.01. The van der Waals surface area contributed by atoms with Crippen LogP contribution >= 0.6 is 0 Å². The SMILES string of the molecule is C/C=C(\NC(F)(F)F)C(=O)OCC. The van der Waals surface area contributed by atoms with Gasteiger partial charge in [0.2, 0.25) is 0 Å². The summed E-state index contributed by atoms with van der Waals surface area (Å²) in [6.07, 6.45) is -3.61. The summed E-state index contributed by atoms with van der Waals surface area (Å²) >= 11 is 0. The third-order valence-electron chi connectivity index (χ3n) is 1.06. The van der Waals surface area contributed by atoms with Crippen LogP contribution in [-0.4, -0.2) is 18.9 Å². The lowest BCUT2D eigenvalue weighted by molar-refractivity contribution is -0.159. The lowest BCUT2D eigenvalue weighted by Crippen LogP contribution is -2.34. The van der Waals surface area contributed by atoms with Gasteiger partial charge in [0.25, 0.3) is 0 Å². The van der Waals surface area contributed by atoms with Crippen LogP contribution in [0.4, 0.5) is 13.2 Å². The van der Waals surface area contributed by atoms with E-state index in [1.807, 2.05) is 0 Å². The van der Waals surface area contributed by atoms with Crippen molar-refractivity contribution >= 4 is 5.97 Å². The highest BCUT2D eigenvalue weighted by molar-refractivity contribution is 5.87. The summed E-state index contributed by atoms with van der Waals surface area (Å²) in [5.41, 5.74) is -0.602. The first-order chi connectivity index (χ1) is 5.90. The number of hydrogen-bond acceptors (Lipinski definition) is 3. The molecule has 0 saturated carbocycles. The molecule has 76 valence electrons. The van der Waals surface area contributed by atoms with Gasteiger partial charge in [-0.25, -0.2) is 4.79 Å². The zero-order chi connectivity index (χ0) is 10.5. The van der Waals surface area contributed by atoms with Gasteiger partial charge in [0.05, 0.1) is 6.61 Å². The van der Waals surface area contributed by atoms with Gasteiger partial charge in [-0.1, -0.05) is 6.08 Å². The molecule has 13 heavy (non-hydrogen) atoms. The van der Waals surface area contributed by atoms with Crippen LogP contribution in [0.3, 0.4) is 0 Å². The van der Waals surface area contributed by atoms with Crippen molar-refractivity contribution < 1.29 is 22.7 Å². The van der Waals surface area contributed by atoms with Crippen LogP contribution in [0.1, 0.15) is 13.8 Å². The number of alkyl halides is 3. The molecule has 0 aliphatic rings. The van der Waals surface area contributed by atoms with Gasteiger partial charge in [-0.15, -0.1) is 0 Å². The second-order valence-corrected chi connectivity index (χ2v) is 2.05. The van der Waals surface area contributed by atoms with Gasteiger partial charge in [0.1, 0.15) is 5.70 Å². The number of carbonyl (C=O) groups excluding carboxylic acids is 1. The summed E-state index contributed by atoms with van der Waals surface area (Å²) < 4.78 is 39.6. The van der Waals surface area contributed by atoms with E-state index >= 15 is 0 Å². The number of halogens is 3. The van der Waals surface area contributed by atoms with Gasteiger partial charge in [-0.05, 0) is 13.8 Å². The van der Waals surface area contributed by atoms with Gasteiger partial charge in [0, 0.05) is 0 Å². The Morgan fingerprint density at radius 2 is 2.08 bits per heavy atom. The molecule has 0 spiro atoms. The molecule has 0 fully saturated rings. The van der Waals surface area contributed by atoms with E-state index in [2.05, 4.69) is 4.74 Å². The fourth-order valence-electron chi connectivity index (χ4n) is 0.603. The first-order valence-corrected chi connectivity index (χ1v) is 3.59. The van der Waals surface area contributed by atoms with Crippen molar-refractivity contribution in [3.05, 3.63) is 11.8 Å². The Balaban J connectivity index is 4.29. The molecule has 0 aromatic carbocycles. The van der Waals surface area contributed by atoms with Gasteiger partial charge in [-0.2, -0.15) is 13.2 Å². The van der Waals surface area contributed by atoms with E-state index in [4.69, 9.17) is 0 Å². The smallest absolute Gasteiger partial charge is 0.461 e. The Kier molecular flexibility index (Phi) is 4.30. The van der Waals surface area contributed by atoms with Crippen molar-refractivity contribution in [2.45, 2.75) is 20.1 Å². The second kappa shape index (κ2) is 4.74. The molecular formula is C7H10F3NO2. The first kappa shape index (κ1) is 11.8. The molecule has 0 saturated heterocycles. The first-order valence-electron chi connectivity index (χ1n) is 3.59. The molecular weight excluding hydrogens is 187 g/mol. The Hall–Kier alpha value is -1.20. The largest absolute Gasteiger partial charge is 0.482 e. The van der Waals surface area contributed by atoms with Crippen LogP contribution in [0, 0.1) is 0 Å². The highest BCUT2D eigenvalue weighted by Gasteiger charge is 2.30. The fraction of sp³-hybridized carbons (Fsp3) is 0.571. The Morgan fingerprint density at radius 3 is 2.38 bits per heavy atom. The van der Waals surface area contributed by atoms with E-state index in [1.54, 1.807) is 0 Å². The third kappa shape index (κ3) is 5.10. The Morgan fingerprint density at radius 1 is 1.54 bits per heavy atom. The summed E-state index contributed by atoms with van der Waals surface area (Å²) in [6, 6.07) is 0. The maximum Gasteiger partial charge on any atom is 0.482 e. The number of nitrogens with one attached hydrogen (secondary N) is 1. The number of carbonyl (C=O) groups is 1. The number of allylic oxidation sites excluding steroid dienone is 1. The summed E-state index contributed by atoms with van der Waals surface area (Å²) in [4.78, 5) is 10.8. The van der Waals surface area contributed by atoms with Crippen LogP contribution in [0.25, 0.3) is 0 Å². The van der Waals surface area contributed by atoms with E-state index < -0.39 is 18.0 Å². The maximum atomic E-state index is 11.7. The highest BCUT2D eigenvalue weighted by atomic mass is 19.4. The maximum absolute atomic E-state index is 11.7. The van der Waals surface area contributed by atoms with E-state index in [9.17, 15) is 18.0 Å². The number of esters is 1. The molecule has 0 rings (SSSR count). The molecule has 0 radical (unpaired) electrons. The average molecular weight is 197 g/mol. The molecule has 0 amide bonds. The number of rotatable bonds is 3. The van der Waals surface area contributed by atoms with Crippen LogP contribution in [0.5, 0.6) is 0 Å². The molecule has 0 aromatic rings. The van der Waals surface area contributed by atoms with Crippen LogP contribution in [0.2, 0.25) is 0 Å². The van der Waals surface area contributed by atoms with E-state index in [1.165, 1.54) is 13.8 Å². The lowest BCUT2D eigenvalue weighted by atomic mass is 10.4. The third-order valence-corrected chi connectivity index (χ3v) is 1.06. The molecule has 0 heterocycles. The molecule has 0 aliphatic carbocycles. The van der Waals surface area contributed by atoms with Crippen molar-refractivity contribution in [2.75, 3.05) is 6.61 Å². The van der Waals surface area contributed by atoms with Gasteiger partial charge < -0.3 is 4.74 Å². The summed E-state index contributed by atoms with van der Waals surface area (Å²) in [5, 5.41) is 1.08. The van der Waals surface area contributed by atoms with Gasteiger partial charge >= 0.3 is 12.3 Å². The fourth-order valence-corrected chi connectivity index (χ4v) is 0.603. The zero-order valence-electron chi connectivity index (χ0n) is 7.23. The van der Waals surface area contributed by atoms with Crippen LogP contribution in [-0.2, 0) is 9.53 Å². The van der Waals surface area contributed by atoms with Gasteiger partial charge in [0.15, 0.2) is 0 Å². The molecule has 0 bridgehead atoms. The van der Waals surface area contributed by atoms with Crippen molar-refractivity contribution in [1.82, 2.24) is 5.32 Å². The predicted octanol–water partition coefficient (Wildman–Crippen LogP) is 1.56. The van der Waals surface area contributed by atoms with Crippen LogP contribution < -0.4 is 5.32 Å². The van der Waals surface area contributed by atoms with Crippen molar-refractivity contribution in [3.8, 4) is 0 Å². The highest BCUT2D eigenvalue weighted by Crippen LogP contribution is 2.12. The minimum atomic E-state index is -4.62. The summed E-state index contributed by atoms with van der Waals surface area (Å²) in [6.45, 7) is 2.86. The second-order valence-electron chi connectivity index (χ2n) is 2.05. The standard InChI is InChI=1S/C7H10F3NO2/c1-3-5(6(12)13-4-2)11-7(8,9)10/h3,11H,4H2,1-2H3/b5-3-. The van der Waals surface area contributed by atoms with Crippen LogP contribution in [0.15, 0.2) is 11.8 Å². The normalized spacial score (nSPS) is 12.5. The zero-order valence-corrected chi connectivity index (χ0v) is 7.23. The molecule has 3 nitrogen and oxygen atoms in total. The lowest BCUT2D eigenvalue weighted by Gasteiger charge is -2.11. The molecule has 0 aromatic heterocycles. The molecule has 0 atom stereocenters. The molecule has 0 unspecified atom stereocenters. The quantitative estimate of drug-likeness (QED) is 0.424. The predicted molar refractivity (Wildman–Crippen MR) is 39.6 cm³/mol. The molecule has 0 aliphatic heterocycles. The number of hydrogen-bond donors (Lipinski definition) is 1. The molecule has 6 heteroatoms.